The molecule has 0 bridgehead atoms. The van der Waals surface area contributed by atoms with E-state index in [1.807, 2.05) is 0 Å². The zero-order valence-corrected chi connectivity index (χ0v) is 12.9. The van der Waals surface area contributed by atoms with Gasteiger partial charge in [-0.25, -0.2) is 4.39 Å². The Bertz CT molecular complexity index is 776. The zero-order valence-electron chi connectivity index (χ0n) is 12.9. The van der Waals surface area contributed by atoms with Gasteiger partial charge in [-0.05, 0) is 42.3 Å². The van der Waals surface area contributed by atoms with Crippen molar-refractivity contribution in [1.82, 2.24) is 4.90 Å². The van der Waals surface area contributed by atoms with Crippen molar-refractivity contribution < 1.29 is 19.1 Å². The molecule has 5 nitrogen and oxygen atoms in total. The molecule has 0 aromatic heterocycles. The Morgan fingerprint density at radius 2 is 1.79 bits per heavy atom. The highest BCUT2D eigenvalue weighted by Gasteiger charge is 2.35. The van der Waals surface area contributed by atoms with E-state index in [4.69, 9.17) is 5.73 Å². The van der Waals surface area contributed by atoms with Crippen LogP contribution in [0.25, 0.3) is 0 Å². The standard InChI is InChI=1S/C18H17FN2O3/c19-14-6-4-11(5-7-14)16-9-15(22)10-21(16)18(24)13-3-1-2-12(8-13)17(20)23/h1-8,15-16,22H,9-10H2,(H2,20,23)/t15-,16-/m0/s1. The molecule has 0 saturated carbocycles. The van der Waals surface area contributed by atoms with Gasteiger partial charge in [0.25, 0.3) is 5.91 Å². The molecule has 2 aromatic carbocycles. The summed E-state index contributed by atoms with van der Waals surface area (Å²) in [5.41, 5.74) is 6.58. The van der Waals surface area contributed by atoms with Crippen LogP contribution in [0.4, 0.5) is 4.39 Å². The first-order chi connectivity index (χ1) is 11.5. The van der Waals surface area contributed by atoms with E-state index in [1.54, 1.807) is 24.3 Å². The zero-order chi connectivity index (χ0) is 17.3. The van der Waals surface area contributed by atoms with Gasteiger partial charge in [-0.15, -0.1) is 0 Å². The van der Waals surface area contributed by atoms with Crippen molar-refractivity contribution in [3.63, 3.8) is 0 Å². The maximum Gasteiger partial charge on any atom is 0.254 e. The van der Waals surface area contributed by atoms with Crippen LogP contribution in [0.15, 0.2) is 48.5 Å². The molecule has 1 saturated heterocycles. The Balaban J connectivity index is 1.91. The summed E-state index contributed by atoms with van der Waals surface area (Å²) in [4.78, 5) is 25.6. The molecular formula is C18H17FN2O3. The monoisotopic (exact) mass is 328 g/mol. The third kappa shape index (κ3) is 3.14. The minimum absolute atomic E-state index is 0.182. The summed E-state index contributed by atoms with van der Waals surface area (Å²) >= 11 is 0. The fourth-order valence-electron chi connectivity index (χ4n) is 3.01. The highest BCUT2D eigenvalue weighted by molar-refractivity contribution is 5.99. The van der Waals surface area contributed by atoms with Crippen LogP contribution in [-0.2, 0) is 0 Å². The highest BCUT2D eigenvalue weighted by Crippen LogP contribution is 2.33. The number of carbonyl (C=O) groups is 2. The molecule has 2 aromatic rings. The lowest BCUT2D eigenvalue weighted by Gasteiger charge is -2.25. The third-order valence-corrected chi connectivity index (χ3v) is 4.19. The number of carbonyl (C=O) groups excluding carboxylic acids is 2. The van der Waals surface area contributed by atoms with Gasteiger partial charge in [-0.3, -0.25) is 9.59 Å². The Kier molecular flexibility index (Phi) is 4.31. The fourth-order valence-corrected chi connectivity index (χ4v) is 3.01. The third-order valence-electron chi connectivity index (χ3n) is 4.19. The summed E-state index contributed by atoms with van der Waals surface area (Å²) < 4.78 is 13.1. The average Bonchev–Trinajstić information content (AvgIpc) is 2.96. The number of benzene rings is 2. The number of primary amides is 1. The number of aliphatic hydroxyl groups excluding tert-OH is 1. The first-order valence-corrected chi connectivity index (χ1v) is 7.60. The Morgan fingerprint density at radius 3 is 2.46 bits per heavy atom. The van der Waals surface area contributed by atoms with E-state index in [0.717, 1.165) is 5.56 Å². The van der Waals surface area contributed by atoms with Crippen LogP contribution in [0.5, 0.6) is 0 Å². The molecule has 1 aliphatic heterocycles. The van der Waals surface area contributed by atoms with Crippen molar-refractivity contribution in [3.05, 3.63) is 71.0 Å². The van der Waals surface area contributed by atoms with Crippen molar-refractivity contribution in [2.45, 2.75) is 18.6 Å². The number of likely N-dealkylation sites (tertiary alicyclic amines) is 1. The van der Waals surface area contributed by atoms with Crippen LogP contribution < -0.4 is 5.73 Å². The SMILES string of the molecule is NC(=O)c1cccc(C(=O)N2C[C@@H](O)C[C@H]2c2ccc(F)cc2)c1. The smallest absolute Gasteiger partial charge is 0.254 e. The Labute approximate surface area is 138 Å². The molecule has 1 fully saturated rings. The predicted molar refractivity (Wildman–Crippen MR) is 85.8 cm³/mol. The number of hydrogen-bond acceptors (Lipinski definition) is 3. The predicted octanol–water partition coefficient (Wildman–Crippen LogP) is 1.87. The molecule has 124 valence electrons. The molecule has 6 heteroatoms. The largest absolute Gasteiger partial charge is 0.391 e. The lowest BCUT2D eigenvalue weighted by molar-refractivity contribution is 0.0716. The number of nitrogens with two attached hydrogens (primary N) is 1. The summed E-state index contributed by atoms with van der Waals surface area (Å²) in [6.45, 7) is 0.182. The first-order valence-electron chi connectivity index (χ1n) is 7.60. The van der Waals surface area contributed by atoms with E-state index in [2.05, 4.69) is 0 Å². The van der Waals surface area contributed by atoms with Crippen LogP contribution in [-0.4, -0.2) is 34.5 Å². The van der Waals surface area contributed by atoms with Crippen molar-refractivity contribution in [2.24, 2.45) is 5.73 Å². The maximum absolute atomic E-state index is 13.1. The van der Waals surface area contributed by atoms with Crippen molar-refractivity contribution in [2.75, 3.05) is 6.54 Å². The number of nitrogens with zero attached hydrogens (tertiary/aromatic N) is 1. The van der Waals surface area contributed by atoms with Gasteiger partial charge in [0.2, 0.25) is 5.91 Å². The van der Waals surface area contributed by atoms with Crippen LogP contribution in [0.2, 0.25) is 0 Å². The van der Waals surface area contributed by atoms with Crippen molar-refractivity contribution in [3.8, 4) is 0 Å². The van der Waals surface area contributed by atoms with Crippen LogP contribution in [0.1, 0.15) is 38.7 Å². The fraction of sp³-hybridized carbons (Fsp3) is 0.222. The van der Waals surface area contributed by atoms with Gasteiger partial charge in [-0.2, -0.15) is 0 Å². The van der Waals surface area contributed by atoms with E-state index in [0.29, 0.717) is 12.0 Å². The number of aliphatic hydroxyl groups is 1. The van der Waals surface area contributed by atoms with Gasteiger partial charge in [0.05, 0.1) is 12.1 Å². The molecule has 1 heterocycles. The van der Waals surface area contributed by atoms with Crippen molar-refractivity contribution in [1.29, 1.82) is 0 Å². The minimum atomic E-state index is -0.650. The average molecular weight is 328 g/mol. The molecule has 2 atom stereocenters. The highest BCUT2D eigenvalue weighted by atomic mass is 19.1. The number of amides is 2. The van der Waals surface area contributed by atoms with Crippen LogP contribution >= 0.6 is 0 Å². The topological polar surface area (TPSA) is 83.6 Å². The second kappa shape index (κ2) is 6.41. The molecule has 24 heavy (non-hydrogen) atoms. The second-order valence-electron chi connectivity index (χ2n) is 5.86. The number of halogens is 1. The molecular weight excluding hydrogens is 311 g/mol. The van der Waals surface area contributed by atoms with Crippen molar-refractivity contribution >= 4 is 11.8 Å². The van der Waals surface area contributed by atoms with Gasteiger partial charge < -0.3 is 15.7 Å². The molecule has 2 amide bonds. The summed E-state index contributed by atoms with van der Waals surface area (Å²) in [7, 11) is 0. The number of rotatable bonds is 3. The molecule has 0 radical (unpaired) electrons. The Morgan fingerprint density at radius 1 is 1.12 bits per heavy atom. The maximum atomic E-state index is 13.1. The molecule has 0 aliphatic carbocycles. The summed E-state index contributed by atoms with van der Waals surface area (Å²) in [5, 5.41) is 9.98. The van der Waals surface area contributed by atoms with Crippen LogP contribution in [0.3, 0.4) is 0 Å². The first kappa shape index (κ1) is 16.1. The summed E-state index contributed by atoms with van der Waals surface area (Å²) in [6, 6.07) is 11.7. The van der Waals surface area contributed by atoms with Gasteiger partial charge in [0.1, 0.15) is 5.82 Å². The second-order valence-corrected chi connectivity index (χ2v) is 5.86. The molecule has 1 aliphatic rings. The van der Waals surface area contributed by atoms with Gasteiger partial charge in [0, 0.05) is 17.7 Å². The molecule has 3 rings (SSSR count). The van der Waals surface area contributed by atoms with Gasteiger partial charge in [-0.1, -0.05) is 18.2 Å². The normalized spacial score (nSPS) is 20.2. The van der Waals surface area contributed by atoms with Gasteiger partial charge >= 0.3 is 0 Å². The number of hydrogen-bond donors (Lipinski definition) is 2. The molecule has 0 unspecified atom stereocenters. The quantitative estimate of drug-likeness (QED) is 0.902. The van der Waals surface area contributed by atoms with E-state index in [1.165, 1.54) is 29.2 Å². The van der Waals surface area contributed by atoms with E-state index >= 15 is 0 Å². The number of β-amino-alcohol motifs (C(OH)–C–C–N with tert-alkyl or cyclic N) is 1. The van der Waals surface area contributed by atoms with E-state index in [-0.39, 0.29) is 29.9 Å². The van der Waals surface area contributed by atoms with Gasteiger partial charge in [0.15, 0.2) is 0 Å². The molecule has 3 N–H and O–H groups in total. The minimum Gasteiger partial charge on any atom is -0.391 e. The lowest BCUT2D eigenvalue weighted by Crippen LogP contribution is -2.32. The summed E-state index contributed by atoms with van der Waals surface area (Å²) in [6.07, 6.45) is -0.268. The Hall–Kier alpha value is -2.73. The summed E-state index contributed by atoms with van der Waals surface area (Å²) in [5.74, 6) is -1.27. The van der Waals surface area contributed by atoms with Crippen LogP contribution in [0, 0.1) is 5.82 Å². The van der Waals surface area contributed by atoms with E-state index in [9.17, 15) is 19.1 Å². The lowest BCUT2D eigenvalue weighted by atomic mass is 10.0. The van der Waals surface area contributed by atoms with E-state index < -0.39 is 12.0 Å². The molecule has 0 spiro atoms.